The molecule has 0 saturated carbocycles. The third kappa shape index (κ3) is 3.74. The van der Waals surface area contributed by atoms with Crippen molar-refractivity contribution in [2.75, 3.05) is 19.5 Å². The van der Waals surface area contributed by atoms with Gasteiger partial charge in [-0.05, 0) is 36.5 Å². The standard InChI is InChI=1S/C17H19N5O5S/c1-20-15(24)12(8-14(23)18-10-4-6-11(26-3)7-5-10)22(17(20)28)9-13-16(25)27-19-21(13)2/h4-7,12H,8-9H2,1-3H3,(H-,18,19,23,25). The van der Waals surface area contributed by atoms with Crippen LogP contribution in [0, 0.1) is 0 Å². The Balaban J connectivity index is 1.74. The van der Waals surface area contributed by atoms with Gasteiger partial charge in [-0.15, -0.1) is 0 Å². The van der Waals surface area contributed by atoms with Crippen molar-refractivity contribution >= 4 is 34.8 Å². The molecule has 10 nitrogen and oxygen atoms in total. The van der Waals surface area contributed by atoms with Crippen LogP contribution in [0.25, 0.3) is 0 Å². The summed E-state index contributed by atoms with van der Waals surface area (Å²) in [5, 5.41) is 18.3. The van der Waals surface area contributed by atoms with E-state index < -0.39 is 12.0 Å². The van der Waals surface area contributed by atoms with Crippen molar-refractivity contribution in [1.82, 2.24) is 15.1 Å². The molecule has 0 spiro atoms. The van der Waals surface area contributed by atoms with Gasteiger partial charge in [-0.25, -0.2) is 0 Å². The molecule has 0 aliphatic carbocycles. The van der Waals surface area contributed by atoms with Crippen molar-refractivity contribution in [3.63, 3.8) is 0 Å². The Labute approximate surface area is 166 Å². The maximum atomic E-state index is 12.6. The number of anilines is 1. The van der Waals surface area contributed by atoms with Crippen molar-refractivity contribution in [2.24, 2.45) is 7.05 Å². The summed E-state index contributed by atoms with van der Waals surface area (Å²) in [5.74, 6) is -0.629. The maximum absolute atomic E-state index is 12.6. The van der Waals surface area contributed by atoms with Crippen LogP contribution in [-0.4, -0.2) is 52.2 Å². The second-order valence-electron chi connectivity index (χ2n) is 6.24. The van der Waals surface area contributed by atoms with Crippen LogP contribution in [0.5, 0.6) is 11.7 Å². The van der Waals surface area contributed by atoms with Crippen LogP contribution in [0.1, 0.15) is 12.1 Å². The minimum Gasteiger partial charge on any atom is -0.539 e. The SMILES string of the molecule is COc1ccc(NC(=O)CC2C(=O)N(C)C(=S)N2Cc2c([O-])on[n+]2C)cc1. The number of nitrogens with zero attached hydrogens (tertiary/aromatic N) is 4. The molecular weight excluding hydrogens is 386 g/mol. The molecule has 28 heavy (non-hydrogen) atoms. The van der Waals surface area contributed by atoms with Crippen LogP contribution < -0.4 is 19.8 Å². The lowest BCUT2D eigenvalue weighted by Gasteiger charge is -2.21. The number of likely N-dealkylation sites (N-methyl/N-ethyl adjacent to an activating group) is 1. The monoisotopic (exact) mass is 405 g/mol. The molecule has 11 heteroatoms. The van der Waals surface area contributed by atoms with Gasteiger partial charge in [0.05, 0.1) is 18.8 Å². The Bertz CT molecular complexity index is 894. The second kappa shape index (κ2) is 7.80. The predicted octanol–water partition coefficient (Wildman–Crippen LogP) is -0.462. The quantitative estimate of drug-likeness (QED) is 0.507. The Morgan fingerprint density at radius 2 is 2.11 bits per heavy atom. The molecule has 1 saturated heterocycles. The molecule has 1 aliphatic rings. The molecule has 0 radical (unpaired) electrons. The first-order chi connectivity index (χ1) is 13.3. The van der Waals surface area contributed by atoms with Crippen molar-refractivity contribution in [3.05, 3.63) is 30.0 Å². The van der Waals surface area contributed by atoms with Crippen LogP contribution in [0.15, 0.2) is 28.8 Å². The van der Waals surface area contributed by atoms with E-state index in [-0.39, 0.29) is 35.6 Å². The largest absolute Gasteiger partial charge is 0.539 e. The summed E-state index contributed by atoms with van der Waals surface area (Å²) in [5.41, 5.74) is 0.803. The number of hydrogen-bond acceptors (Lipinski definition) is 7. The number of rotatable bonds is 6. The van der Waals surface area contributed by atoms with Gasteiger partial charge in [-0.3, -0.25) is 14.5 Å². The lowest BCUT2D eigenvalue weighted by Crippen LogP contribution is -2.42. The molecule has 1 fully saturated rings. The van der Waals surface area contributed by atoms with Gasteiger partial charge in [-0.2, -0.15) is 0 Å². The Kier molecular flexibility index (Phi) is 5.45. The van der Waals surface area contributed by atoms with Gasteiger partial charge in [0.15, 0.2) is 18.1 Å². The molecule has 1 aromatic carbocycles. The van der Waals surface area contributed by atoms with E-state index in [9.17, 15) is 14.7 Å². The molecule has 1 unspecified atom stereocenters. The number of benzene rings is 1. The summed E-state index contributed by atoms with van der Waals surface area (Å²) >= 11 is 5.31. The van der Waals surface area contributed by atoms with Crippen LogP contribution in [-0.2, 0) is 23.2 Å². The number of hydrogen-bond donors (Lipinski definition) is 1. The van der Waals surface area contributed by atoms with Crippen molar-refractivity contribution in [2.45, 2.75) is 19.0 Å². The van der Waals surface area contributed by atoms with E-state index in [4.69, 9.17) is 17.0 Å². The lowest BCUT2D eigenvalue weighted by molar-refractivity contribution is -0.746. The first-order valence-corrected chi connectivity index (χ1v) is 8.76. The highest BCUT2D eigenvalue weighted by Crippen LogP contribution is 2.24. The fourth-order valence-corrected chi connectivity index (χ4v) is 3.16. The zero-order valence-electron chi connectivity index (χ0n) is 15.5. The molecule has 2 aromatic rings. The summed E-state index contributed by atoms with van der Waals surface area (Å²) in [4.78, 5) is 27.9. The highest BCUT2D eigenvalue weighted by atomic mass is 32.1. The third-order valence-corrected chi connectivity index (χ3v) is 4.98. The zero-order chi connectivity index (χ0) is 20.4. The highest BCUT2D eigenvalue weighted by Gasteiger charge is 2.42. The number of nitrogens with one attached hydrogen (secondary N) is 1. The topological polar surface area (TPSA) is 115 Å². The number of methoxy groups -OCH3 is 1. The number of ether oxygens (including phenoxy) is 1. The number of amides is 2. The van der Waals surface area contributed by atoms with Crippen molar-refractivity contribution in [1.29, 1.82) is 0 Å². The van der Waals surface area contributed by atoms with Gasteiger partial charge in [0.1, 0.15) is 18.3 Å². The molecule has 2 heterocycles. The van der Waals surface area contributed by atoms with E-state index in [1.54, 1.807) is 38.4 Å². The number of thiocarbonyl (C=S) groups is 1. The van der Waals surface area contributed by atoms with Crippen LogP contribution in [0.2, 0.25) is 0 Å². The summed E-state index contributed by atoms with van der Waals surface area (Å²) in [6.45, 7) is 0.00816. The normalized spacial score (nSPS) is 16.6. The summed E-state index contributed by atoms with van der Waals surface area (Å²) in [7, 11) is 4.64. The third-order valence-electron chi connectivity index (χ3n) is 4.47. The van der Waals surface area contributed by atoms with Crippen LogP contribution >= 0.6 is 12.2 Å². The maximum Gasteiger partial charge on any atom is 0.252 e. The minimum atomic E-state index is -0.829. The molecule has 2 amide bonds. The minimum absolute atomic E-state index is 0.00816. The van der Waals surface area contributed by atoms with Gasteiger partial charge < -0.3 is 24.6 Å². The molecule has 1 aromatic heterocycles. The van der Waals surface area contributed by atoms with Crippen molar-refractivity contribution in [3.8, 4) is 11.7 Å². The van der Waals surface area contributed by atoms with E-state index in [0.29, 0.717) is 11.4 Å². The fourth-order valence-electron chi connectivity index (χ4n) is 2.88. The van der Waals surface area contributed by atoms with Crippen LogP contribution in [0.4, 0.5) is 5.69 Å². The molecule has 1 aliphatic heterocycles. The number of carbonyl (C=O) groups is 2. The van der Waals surface area contributed by atoms with Gasteiger partial charge in [0.2, 0.25) is 5.91 Å². The van der Waals surface area contributed by atoms with Crippen LogP contribution in [0.3, 0.4) is 0 Å². The first-order valence-electron chi connectivity index (χ1n) is 8.35. The average molecular weight is 405 g/mol. The van der Waals surface area contributed by atoms with E-state index in [1.807, 2.05) is 0 Å². The number of aromatic nitrogens is 2. The molecule has 0 bridgehead atoms. The summed E-state index contributed by atoms with van der Waals surface area (Å²) in [6, 6.07) is 6.00. The zero-order valence-corrected chi connectivity index (χ0v) is 16.4. The lowest BCUT2D eigenvalue weighted by atomic mass is 10.1. The van der Waals surface area contributed by atoms with E-state index in [2.05, 4.69) is 15.1 Å². The summed E-state index contributed by atoms with van der Waals surface area (Å²) in [6.07, 6.45) is -0.126. The molecule has 148 valence electrons. The second-order valence-corrected chi connectivity index (χ2v) is 6.60. The van der Waals surface area contributed by atoms with E-state index in [1.165, 1.54) is 21.5 Å². The highest BCUT2D eigenvalue weighted by molar-refractivity contribution is 7.80. The Hall–Kier alpha value is -3.21. The van der Waals surface area contributed by atoms with E-state index >= 15 is 0 Å². The molecule has 1 atom stereocenters. The fraction of sp³-hybridized carbons (Fsp3) is 0.353. The average Bonchev–Trinajstić information content (AvgIpc) is 3.09. The van der Waals surface area contributed by atoms with Gasteiger partial charge >= 0.3 is 0 Å². The first kappa shape index (κ1) is 19.5. The Morgan fingerprint density at radius 3 is 2.68 bits per heavy atom. The van der Waals surface area contributed by atoms with Gasteiger partial charge in [0, 0.05) is 12.7 Å². The van der Waals surface area contributed by atoms with Crippen molar-refractivity contribution < 1.29 is 28.6 Å². The smallest absolute Gasteiger partial charge is 0.252 e. The number of carbonyl (C=O) groups excluding carboxylic acids is 2. The number of aryl methyl sites for hydroxylation is 1. The van der Waals surface area contributed by atoms with Gasteiger partial charge in [0.25, 0.3) is 11.6 Å². The molecule has 3 rings (SSSR count). The predicted molar refractivity (Wildman–Crippen MR) is 98.1 cm³/mol. The molecular formula is C17H19N5O5S. The molecule has 1 N–H and O–H groups in total. The van der Waals surface area contributed by atoms with Gasteiger partial charge in [-0.1, -0.05) is 4.68 Å². The Morgan fingerprint density at radius 1 is 1.43 bits per heavy atom. The van der Waals surface area contributed by atoms with E-state index in [0.717, 1.165) is 0 Å². The summed E-state index contributed by atoms with van der Waals surface area (Å²) < 4.78 is 11.0.